The third kappa shape index (κ3) is 1.81. The zero-order chi connectivity index (χ0) is 2.99. The van der Waals surface area contributed by atoms with E-state index in [9.17, 15) is 0 Å². The summed E-state index contributed by atoms with van der Waals surface area (Å²) in [5, 5.41) is 0. The average molecular weight is 90.6 g/mol. The van der Waals surface area contributed by atoms with E-state index in [0.29, 0.717) is 0 Å². The Hall–Kier alpha value is 0.0300. The molecular weight excluding hydrogens is 83.5 g/mol. The van der Waals surface area contributed by atoms with Crippen LogP contribution in [0.4, 0.5) is 0 Å². The monoisotopic (exact) mass is 90.0 g/mol. The summed E-state index contributed by atoms with van der Waals surface area (Å²) in [6.45, 7) is 3.67. The molecule has 1 fully saturated rings. The zero-order valence-corrected chi connectivity index (χ0v) is 3.85. The van der Waals surface area contributed by atoms with Crippen molar-refractivity contribution >= 4 is 12.4 Å². The smallest absolute Gasteiger partial charge is 0.0286 e. The first-order valence-corrected chi connectivity index (χ1v) is 1.56. The van der Waals surface area contributed by atoms with Crippen molar-refractivity contribution in [2.24, 2.45) is 0 Å². The van der Waals surface area contributed by atoms with E-state index in [1.54, 1.807) is 0 Å². The molecule has 0 bridgehead atoms. The summed E-state index contributed by atoms with van der Waals surface area (Å²) in [4.78, 5) is 0. The van der Waals surface area contributed by atoms with Gasteiger partial charge in [-0.25, -0.2) is 0 Å². The molecule has 0 atom stereocenters. The summed E-state index contributed by atoms with van der Waals surface area (Å²) in [5.41, 5.74) is 1.42. The zero-order valence-electron chi connectivity index (χ0n) is 3.03. The number of hydrogen-bond donors (Lipinski definition) is 0. The molecule has 0 aromatic heterocycles. The summed E-state index contributed by atoms with van der Waals surface area (Å²) in [6.07, 6.45) is 2.58. The fraction of sp³-hybridized carbons (Fsp3) is 0.500. The van der Waals surface area contributed by atoms with E-state index in [0.717, 1.165) is 0 Å². The molecule has 1 heteroatoms. The van der Waals surface area contributed by atoms with Gasteiger partial charge in [0.25, 0.3) is 0 Å². The summed E-state index contributed by atoms with van der Waals surface area (Å²) in [7, 11) is 0. The molecule has 1 aliphatic rings. The van der Waals surface area contributed by atoms with Crippen LogP contribution in [0.3, 0.4) is 0 Å². The minimum Gasteiger partial charge on any atom is -0.147 e. The Balaban J connectivity index is 0.000000160. The molecule has 0 amide bonds. The summed E-state index contributed by atoms with van der Waals surface area (Å²) < 4.78 is 0. The fourth-order valence-electron chi connectivity index (χ4n) is 0.0884. The number of rotatable bonds is 0. The molecule has 0 unspecified atom stereocenters. The lowest BCUT2D eigenvalue weighted by Gasteiger charge is -1.34. The maximum Gasteiger partial charge on any atom is -0.0286 e. The van der Waals surface area contributed by atoms with E-state index in [4.69, 9.17) is 0 Å². The molecule has 1 aliphatic carbocycles. The Morgan fingerprint density at radius 1 is 1.40 bits per heavy atom. The van der Waals surface area contributed by atoms with Crippen LogP contribution >= 0.6 is 12.4 Å². The van der Waals surface area contributed by atoms with Gasteiger partial charge in [0, 0.05) is 0 Å². The third-order valence-electron chi connectivity index (χ3n) is 0.604. The van der Waals surface area contributed by atoms with Crippen LogP contribution in [0.2, 0.25) is 0 Å². The predicted octanol–water partition coefficient (Wildman–Crippen LogP) is 1.76. The van der Waals surface area contributed by atoms with E-state index in [2.05, 4.69) is 6.58 Å². The quantitative estimate of drug-likeness (QED) is 0.398. The molecule has 0 heterocycles. The highest BCUT2D eigenvalue weighted by molar-refractivity contribution is 5.85. The molecule has 1 rings (SSSR count). The fourth-order valence-corrected chi connectivity index (χ4v) is 0.0884. The molecule has 1 saturated carbocycles. The Bertz CT molecular complexity index is 41.6. The molecule has 0 nitrogen and oxygen atoms in total. The third-order valence-corrected chi connectivity index (χ3v) is 0.604. The molecule has 0 aliphatic heterocycles. The van der Waals surface area contributed by atoms with Gasteiger partial charge in [-0.3, -0.25) is 0 Å². The van der Waals surface area contributed by atoms with Crippen molar-refractivity contribution < 1.29 is 0 Å². The van der Waals surface area contributed by atoms with E-state index >= 15 is 0 Å². The number of hydrogen-bond acceptors (Lipinski definition) is 0. The highest BCUT2D eigenvalue weighted by atomic mass is 35.5. The van der Waals surface area contributed by atoms with Gasteiger partial charge in [-0.2, -0.15) is 0 Å². The highest BCUT2D eigenvalue weighted by Gasteiger charge is 2.04. The highest BCUT2D eigenvalue weighted by Crippen LogP contribution is 2.23. The molecule has 0 N–H and O–H groups in total. The largest absolute Gasteiger partial charge is 0.147 e. The average Bonchev–Trinajstić information content (AvgIpc) is 1.75. The predicted molar refractivity (Wildman–Crippen MR) is 25.6 cm³/mol. The SMILES string of the molecule is C=C1CC1.Cl. The van der Waals surface area contributed by atoms with Crippen LogP contribution in [0.1, 0.15) is 12.8 Å². The lowest BCUT2D eigenvalue weighted by Crippen LogP contribution is -1.12. The molecule has 0 aromatic rings. The van der Waals surface area contributed by atoms with Gasteiger partial charge >= 0.3 is 0 Å². The van der Waals surface area contributed by atoms with Crippen molar-refractivity contribution in [3.05, 3.63) is 12.2 Å². The Morgan fingerprint density at radius 2 is 1.60 bits per heavy atom. The maximum absolute atomic E-state index is 3.67. The second kappa shape index (κ2) is 1.46. The van der Waals surface area contributed by atoms with Gasteiger partial charge in [-0.05, 0) is 12.8 Å². The Labute approximate surface area is 38.3 Å². The van der Waals surface area contributed by atoms with E-state index in [1.807, 2.05) is 0 Å². The second-order valence-electron chi connectivity index (χ2n) is 1.25. The Morgan fingerprint density at radius 3 is 1.60 bits per heavy atom. The van der Waals surface area contributed by atoms with E-state index in [-0.39, 0.29) is 12.4 Å². The molecule has 5 heavy (non-hydrogen) atoms. The first-order chi connectivity index (χ1) is 1.89. The van der Waals surface area contributed by atoms with Crippen LogP contribution in [-0.2, 0) is 0 Å². The van der Waals surface area contributed by atoms with Crippen molar-refractivity contribution in [1.29, 1.82) is 0 Å². The topological polar surface area (TPSA) is 0 Å². The summed E-state index contributed by atoms with van der Waals surface area (Å²) in [5.74, 6) is 0. The lowest BCUT2D eigenvalue weighted by atomic mass is 10.7. The normalized spacial score (nSPS) is 17.2. The van der Waals surface area contributed by atoms with Crippen molar-refractivity contribution in [2.75, 3.05) is 0 Å². The minimum absolute atomic E-state index is 0. The van der Waals surface area contributed by atoms with E-state index < -0.39 is 0 Å². The van der Waals surface area contributed by atoms with Crippen molar-refractivity contribution in [3.63, 3.8) is 0 Å². The number of halogens is 1. The van der Waals surface area contributed by atoms with Crippen LogP contribution in [0.5, 0.6) is 0 Å². The van der Waals surface area contributed by atoms with Crippen LogP contribution < -0.4 is 0 Å². The van der Waals surface area contributed by atoms with Crippen LogP contribution in [-0.4, -0.2) is 0 Å². The minimum atomic E-state index is 0. The first-order valence-electron chi connectivity index (χ1n) is 1.56. The van der Waals surface area contributed by atoms with Gasteiger partial charge < -0.3 is 0 Å². The van der Waals surface area contributed by atoms with Crippen LogP contribution in [0.15, 0.2) is 12.2 Å². The summed E-state index contributed by atoms with van der Waals surface area (Å²) in [6, 6.07) is 0. The van der Waals surface area contributed by atoms with Gasteiger partial charge in [0.15, 0.2) is 0 Å². The van der Waals surface area contributed by atoms with Crippen molar-refractivity contribution in [2.45, 2.75) is 12.8 Å². The van der Waals surface area contributed by atoms with Crippen molar-refractivity contribution in [1.82, 2.24) is 0 Å². The summed E-state index contributed by atoms with van der Waals surface area (Å²) >= 11 is 0. The lowest BCUT2D eigenvalue weighted by molar-refractivity contribution is 1.50. The van der Waals surface area contributed by atoms with Crippen LogP contribution in [0.25, 0.3) is 0 Å². The molecule has 0 aromatic carbocycles. The van der Waals surface area contributed by atoms with Crippen LogP contribution in [0, 0.1) is 0 Å². The van der Waals surface area contributed by atoms with Gasteiger partial charge in [-0.15, -0.1) is 12.4 Å². The standard InChI is InChI=1S/C4H6.ClH/c1-4-2-3-4;/h1-3H2;1H. The first kappa shape index (κ1) is 5.03. The molecule has 30 valence electrons. The van der Waals surface area contributed by atoms with Crippen molar-refractivity contribution in [3.8, 4) is 0 Å². The Kier molecular flexibility index (Phi) is 1.47. The molecule has 0 radical (unpaired) electrons. The maximum atomic E-state index is 3.67. The van der Waals surface area contributed by atoms with Gasteiger partial charge in [0.05, 0.1) is 0 Å². The molecular formula is C4H7Cl. The van der Waals surface area contributed by atoms with Gasteiger partial charge in [0.1, 0.15) is 0 Å². The number of allylic oxidation sites excluding steroid dienone is 1. The van der Waals surface area contributed by atoms with E-state index in [1.165, 1.54) is 18.4 Å². The molecule has 0 spiro atoms. The molecule has 0 saturated heterocycles. The second-order valence-corrected chi connectivity index (χ2v) is 1.25. The van der Waals surface area contributed by atoms with Gasteiger partial charge in [-0.1, -0.05) is 12.2 Å². The van der Waals surface area contributed by atoms with Gasteiger partial charge in [0.2, 0.25) is 0 Å².